The van der Waals surface area contributed by atoms with E-state index >= 15 is 0 Å². The summed E-state index contributed by atoms with van der Waals surface area (Å²) in [5, 5.41) is 18.2. The summed E-state index contributed by atoms with van der Waals surface area (Å²) in [5.41, 5.74) is 1.79. The fraction of sp³-hybridized carbons (Fsp3) is 0.500. The molecule has 1 atom stereocenters. The van der Waals surface area contributed by atoms with E-state index in [0.717, 1.165) is 18.7 Å². The van der Waals surface area contributed by atoms with Gasteiger partial charge in [0, 0.05) is 30.3 Å². The summed E-state index contributed by atoms with van der Waals surface area (Å²) < 4.78 is 0. The van der Waals surface area contributed by atoms with Crippen LogP contribution in [0.3, 0.4) is 0 Å². The maximum Gasteiger partial charge on any atom is 0.0991 e. The summed E-state index contributed by atoms with van der Waals surface area (Å²) >= 11 is 0. The first-order valence-corrected chi connectivity index (χ1v) is 5.98. The van der Waals surface area contributed by atoms with E-state index in [-0.39, 0.29) is 12.1 Å². The summed E-state index contributed by atoms with van der Waals surface area (Å²) in [7, 11) is 0. The quantitative estimate of drug-likeness (QED) is 0.847. The molecule has 1 aromatic carbocycles. The summed E-state index contributed by atoms with van der Waals surface area (Å²) in [6.07, 6.45) is 1.02. The van der Waals surface area contributed by atoms with Crippen molar-refractivity contribution in [1.29, 1.82) is 5.26 Å². The van der Waals surface area contributed by atoms with Crippen LogP contribution in [0.1, 0.15) is 25.8 Å². The molecule has 1 N–H and O–H groups in total. The second-order valence-corrected chi connectivity index (χ2v) is 5.13. The molecule has 1 unspecified atom stereocenters. The number of rotatable bonds is 2. The zero-order valence-electron chi connectivity index (χ0n) is 10.3. The lowest BCUT2D eigenvalue weighted by molar-refractivity contribution is 0.189. The van der Waals surface area contributed by atoms with Crippen molar-refractivity contribution in [2.24, 2.45) is 5.92 Å². The van der Waals surface area contributed by atoms with Gasteiger partial charge in [-0.2, -0.15) is 5.26 Å². The zero-order chi connectivity index (χ0) is 12.5. The highest BCUT2D eigenvalue weighted by Crippen LogP contribution is 2.37. The molecule has 3 nitrogen and oxygen atoms in total. The Morgan fingerprint density at radius 1 is 1.41 bits per heavy atom. The second kappa shape index (κ2) is 4.38. The van der Waals surface area contributed by atoms with Crippen LogP contribution in [0.4, 0.5) is 5.69 Å². The van der Waals surface area contributed by atoms with Crippen LogP contribution in [0.5, 0.6) is 0 Å². The van der Waals surface area contributed by atoms with Crippen LogP contribution in [0.15, 0.2) is 24.3 Å². The van der Waals surface area contributed by atoms with Crippen molar-refractivity contribution in [3.63, 3.8) is 0 Å². The van der Waals surface area contributed by atoms with Gasteiger partial charge in [-0.25, -0.2) is 0 Å². The topological polar surface area (TPSA) is 47.3 Å². The number of anilines is 1. The summed E-state index contributed by atoms with van der Waals surface area (Å²) in [4.78, 5) is 2.31. The Balaban J connectivity index is 2.26. The normalized spacial score (nSPS) is 22.5. The lowest BCUT2D eigenvalue weighted by Crippen LogP contribution is -2.43. The zero-order valence-corrected chi connectivity index (χ0v) is 10.3. The Morgan fingerprint density at radius 3 is 2.53 bits per heavy atom. The lowest BCUT2D eigenvalue weighted by Gasteiger charge is -2.37. The van der Waals surface area contributed by atoms with E-state index in [9.17, 15) is 5.11 Å². The van der Waals surface area contributed by atoms with E-state index in [2.05, 4.69) is 24.8 Å². The second-order valence-electron chi connectivity index (χ2n) is 5.13. The molecule has 0 bridgehead atoms. The van der Waals surface area contributed by atoms with Gasteiger partial charge in [0.15, 0.2) is 0 Å². The predicted octanol–water partition coefficient (Wildman–Crippen LogP) is 2.16. The Bertz CT molecular complexity index is 431. The van der Waals surface area contributed by atoms with Gasteiger partial charge in [-0.3, -0.25) is 0 Å². The van der Waals surface area contributed by atoms with Crippen molar-refractivity contribution in [3.8, 4) is 6.07 Å². The van der Waals surface area contributed by atoms with Gasteiger partial charge in [-0.15, -0.1) is 0 Å². The van der Waals surface area contributed by atoms with Crippen LogP contribution in [-0.2, 0) is 0 Å². The molecule has 0 saturated carbocycles. The molecule has 0 amide bonds. The lowest BCUT2D eigenvalue weighted by atomic mass is 9.89. The fourth-order valence-electron chi connectivity index (χ4n) is 2.64. The van der Waals surface area contributed by atoms with Crippen LogP contribution >= 0.6 is 0 Å². The van der Waals surface area contributed by atoms with Gasteiger partial charge in [0.05, 0.1) is 11.6 Å². The van der Waals surface area contributed by atoms with Crippen molar-refractivity contribution in [2.75, 3.05) is 18.1 Å². The van der Waals surface area contributed by atoms with E-state index in [0.29, 0.717) is 11.5 Å². The van der Waals surface area contributed by atoms with Crippen molar-refractivity contribution in [2.45, 2.75) is 25.8 Å². The standard InChI is InChI=1S/C14H18N2O/c1-14(2)12(10-17)7-8-16(14)13-5-3-11(9-15)4-6-13/h3-6,12,17H,7-8,10H2,1-2H3. The van der Waals surface area contributed by atoms with E-state index in [1.165, 1.54) is 0 Å². The molecule has 0 aliphatic carbocycles. The highest BCUT2D eigenvalue weighted by Gasteiger charge is 2.40. The third-order valence-electron chi connectivity index (χ3n) is 3.92. The maximum atomic E-state index is 9.38. The molecule has 1 heterocycles. The van der Waals surface area contributed by atoms with Crippen LogP contribution < -0.4 is 4.90 Å². The Kier molecular flexibility index (Phi) is 3.08. The number of nitriles is 1. The van der Waals surface area contributed by atoms with Crippen molar-refractivity contribution in [1.82, 2.24) is 0 Å². The van der Waals surface area contributed by atoms with E-state index in [4.69, 9.17) is 5.26 Å². The molecule has 2 rings (SSSR count). The Labute approximate surface area is 102 Å². The first kappa shape index (κ1) is 11.9. The third-order valence-corrected chi connectivity index (χ3v) is 3.92. The van der Waals surface area contributed by atoms with Gasteiger partial charge in [0.2, 0.25) is 0 Å². The number of nitrogens with zero attached hydrogens (tertiary/aromatic N) is 2. The molecule has 1 saturated heterocycles. The highest BCUT2D eigenvalue weighted by atomic mass is 16.3. The first-order valence-electron chi connectivity index (χ1n) is 5.98. The molecule has 1 aromatic rings. The maximum absolute atomic E-state index is 9.38. The summed E-state index contributed by atoms with van der Waals surface area (Å²) in [6, 6.07) is 9.79. The monoisotopic (exact) mass is 230 g/mol. The number of aliphatic hydroxyl groups excluding tert-OH is 1. The molecule has 0 spiro atoms. The SMILES string of the molecule is CC1(C)C(CO)CCN1c1ccc(C#N)cc1. The number of benzene rings is 1. The molecule has 17 heavy (non-hydrogen) atoms. The van der Waals surface area contributed by atoms with Gasteiger partial charge in [-0.1, -0.05) is 0 Å². The van der Waals surface area contributed by atoms with Gasteiger partial charge < -0.3 is 10.0 Å². The molecular formula is C14H18N2O. The smallest absolute Gasteiger partial charge is 0.0991 e. The minimum atomic E-state index is -0.0249. The van der Waals surface area contributed by atoms with E-state index in [1.807, 2.05) is 24.3 Å². The average molecular weight is 230 g/mol. The number of aliphatic hydroxyl groups is 1. The van der Waals surface area contributed by atoms with Gasteiger partial charge in [0.25, 0.3) is 0 Å². The molecule has 1 aliphatic rings. The van der Waals surface area contributed by atoms with Crippen molar-refractivity contribution >= 4 is 5.69 Å². The molecule has 1 aliphatic heterocycles. The average Bonchev–Trinajstić information content (AvgIpc) is 2.64. The first-order chi connectivity index (χ1) is 8.09. The van der Waals surface area contributed by atoms with E-state index in [1.54, 1.807) is 0 Å². The molecule has 90 valence electrons. The highest BCUT2D eigenvalue weighted by molar-refractivity contribution is 5.52. The van der Waals surface area contributed by atoms with Gasteiger partial charge >= 0.3 is 0 Å². The number of hydrogen-bond donors (Lipinski definition) is 1. The molecule has 3 heteroatoms. The van der Waals surface area contributed by atoms with Crippen LogP contribution in [0, 0.1) is 17.2 Å². The fourth-order valence-corrected chi connectivity index (χ4v) is 2.64. The predicted molar refractivity (Wildman–Crippen MR) is 67.8 cm³/mol. The Morgan fingerprint density at radius 2 is 2.06 bits per heavy atom. The van der Waals surface area contributed by atoms with Crippen LogP contribution in [-0.4, -0.2) is 23.8 Å². The minimum absolute atomic E-state index is 0.0249. The van der Waals surface area contributed by atoms with Crippen molar-refractivity contribution in [3.05, 3.63) is 29.8 Å². The summed E-state index contributed by atoms with van der Waals surface area (Å²) in [6.45, 7) is 5.53. The van der Waals surface area contributed by atoms with E-state index < -0.39 is 0 Å². The molecular weight excluding hydrogens is 212 g/mol. The summed E-state index contributed by atoms with van der Waals surface area (Å²) in [5.74, 6) is 0.318. The minimum Gasteiger partial charge on any atom is -0.396 e. The molecule has 1 fully saturated rings. The van der Waals surface area contributed by atoms with Crippen LogP contribution in [0.25, 0.3) is 0 Å². The molecule has 0 aromatic heterocycles. The van der Waals surface area contributed by atoms with Gasteiger partial charge in [0.1, 0.15) is 0 Å². The van der Waals surface area contributed by atoms with Crippen LogP contribution in [0.2, 0.25) is 0 Å². The van der Waals surface area contributed by atoms with Gasteiger partial charge in [-0.05, 0) is 44.5 Å². The molecule has 0 radical (unpaired) electrons. The number of hydrogen-bond acceptors (Lipinski definition) is 3. The van der Waals surface area contributed by atoms with Crippen molar-refractivity contribution < 1.29 is 5.11 Å². The third kappa shape index (κ3) is 2.01. The largest absolute Gasteiger partial charge is 0.396 e. The Hall–Kier alpha value is -1.53.